The number of hydrogen-bond donors (Lipinski definition) is 5. The maximum atomic E-state index is 10.3. The van der Waals surface area contributed by atoms with Crippen molar-refractivity contribution in [3.05, 3.63) is 0 Å². The molecule has 1 fully saturated rings. The van der Waals surface area contributed by atoms with Crippen molar-refractivity contribution in [2.45, 2.75) is 30.6 Å². The van der Waals surface area contributed by atoms with Crippen LogP contribution in [0.1, 0.15) is 0 Å². The first-order chi connectivity index (χ1) is 6.97. The third-order valence-corrected chi connectivity index (χ3v) is 2.60. The van der Waals surface area contributed by atoms with E-state index < -0.39 is 48.5 Å². The summed E-state index contributed by atoms with van der Waals surface area (Å²) in [5, 5.41) is 36.8. The zero-order chi connectivity index (χ0) is 11.6. The standard InChI is InChI=1S/C6H13NO7S/c8-1-2-4(9)5(10)3(6(11)14-2)7-15(12)13/h2-11H,1H2,(H,12,13)/p-1/t2-,3-,4-,5-,6?/m1/s1. The smallest absolute Gasteiger partial charge is 0.174 e. The van der Waals surface area contributed by atoms with Crippen LogP contribution in [0.2, 0.25) is 0 Å². The van der Waals surface area contributed by atoms with Gasteiger partial charge >= 0.3 is 0 Å². The summed E-state index contributed by atoms with van der Waals surface area (Å²) >= 11 is -2.71. The molecule has 2 unspecified atom stereocenters. The Hall–Kier alpha value is -0.130. The summed E-state index contributed by atoms with van der Waals surface area (Å²) in [6.07, 6.45) is -5.80. The second-order valence-corrected chi connectivity index (χ2v) is 3.81. The van der Waals surface area contributed by atoms with Crippen LogP contribution in [0.4, 0.5) is 0 Å². The topological polar surface area (TPSA) is 142 Å². The van der Waals surface area contributed by atoms with E-state index >= 15 is 0 Å². The monoisotopic (exact) mass is 242 g/mol. The maximum Gasteiger partial charge on any atom is 0.174 e. The largest absolute Gasteiger partial charge is 0.760 e. The van der Waals surface area contributed by atoms with Gasteiger partial charge in [-0.25, -0.2) is 4.72 Å². The Kier molecular flexibility index (Phi) is 4.55. The SMILES string of the molecule is O=S([O-])N[C@H]1C(O)O[C@H](CO)[C@@H](O)[C@@H]1O. The number of hydrogen-bond acceptors (Lipinski definition) is 7. The summed E-state index contributed by atoms with van der Waals surface area (Å²) in [7, 11) is 0. The minimum Gasteiger partial charge on any atom is -0.760 e. The average molecular weight is 242 g/mol. The Bertz CT molecular complexity index is 240. The summed E-state index contributed by atoms with van der Waals surface area (Å²) in [6.45, 7) is -0.595. The zero-order valence-corrected chi connectivity index (χ0v) is 8.33. The van der Waals surface area contributed by atoms with Crippen LogP contribution in [0.15, 0.2) is 0 Å². The Morgan fingerprint density at radius 1 is 1.33 bits per heavy atom. The van der Waals surface area contributed by atoms with E-state index in [0.717, 1.165) is 0 Å². The van der Waals surface area contributed by atoms with Crippen LogP contribution in [0.3, 0.4) is 0 Å². The third kappa shape index (κ3) is 2.92. The highest BCUT2D eigenvalue weighted by Gasteiger charge is 2.43. The van der Waals surface area contributed by atoms with Crippen molar-refractivity contribution in [1.82, 2.24) is 4.72 Å². The summed E-state index contributed by atoms with van der Waals surface area (Å²) in [5.74, 6) is 0. The molecule has 1 aliphatic rings. The van der Waals surface area contributed by atoms with Gasteiger partial charge in [-0.05, 0) is 0 Å². The van der Waals surface area contributed by atoms with Gasteiger partial charge in [0.15, 0.2) is 6.29 Å². The Labute approximate surface area is 87.9 Å². The second-order valence-electron chi connectivity index (χ2n) is 3.11. The summed E-state index contributed by atoms with van der Waals surface area (Å²) in [5.41, 5.74) is 0. The second kappa shape index (κ2) is 5.27. The van der Waals surface area contributed by atoms with Gasteiger partial charge in [-0.3, -0.25) is 4.21 Å². The molecule has 0 bridgehead atoms. The molecule has 0 aromatic carbocycles. The molecular formula is C6H12NO7S-. The lowest BCUT2D eigenvalue weighted by Crippen LogP contribution is -2.63. The fourth-order valence-corrected chi connectivity index (χ4v) is 1.81. The van der Waals surface area contributed by atoms with Crippen molar-refractivity contribution < 1.29 is 33.9 Å². The minimum absolute atomic E-state index is 0.595. The molecule has 6 atom stereocenters. The number of rotatable bonds is 3. The predicted molar refractivity (Wildman–Crippen MR) is 45.8 cm³/mol. The van der Waals surface area contributed by atoms with Gasteiger partial charge in [0.2, 0.25) is 0 Å². The lowest BCUT2D eigenvalue weighted by molar-refractivity contribution is -0.251. The van der Waals surface area contributed by atoms with E-state index in [2.05, 4.69) is 0 Å². The van der Waals surface area contributed by atoms with Gasteiger partial charge in [0.05, 0.1) is 12.6 Å². The highest BCUT2D eigenvalue weighted by molar-refractivity contribution is 7.77. The first-order valence-corrected chi connectivity index (χ1v) is 5.20. The first-order valence-electron chi connectivity index (χ1n) is 4.13. The van der Waals surface area contributed by atoms with Gasteiger partial charge < -0.3 is 29.7 Å². The Balaban J connectivity index is 2.70. The van der Waals surface area contributed by atoms with Gasteiger partial charge in [-0.15, -0.1) is 0 Å². The molecule has 0 aromatic heterocycles. The van der Waals surface area contributed by atoms with E-state index in [1.807, 2.05) is 0 Å². The normalized spacial score (nSPS) is 43.9. The first kappa shape index (κ1) is 12.9. The van der Waals surface area contributed by atoms with Gasteiger partial charge in [-0.1, -0.05) is 0 Å². The Morgan fingerprint density at radius 2 is 1.93 bits per heavy atom. The molecule has 1 saturated heterocycles. The van der Waals surface area contributed by atoms with Crippen LogP contribution >= 0.6 is 0 Å². The quantitative estimate of drug-likeness (QED) is 0.319. The molecule has 5 N–H and O–H groups in total. The van der Waals surface area contributed by atoms with Crippen LogP contribution in [0.5, 0.6) is 0 Å². The molecule has 0 amide bonds. The lowest BCUT2D eigenvalue weighted by Gasteiger charge is -2.40. The summed E-state index contributed by atoms with van der Waals surface area (Å²) in [4.78, 5) is 0. The van der Waals surface area contributed by atoms with Crippen molar-refractivity contribution in [1.29, 1.82) is 0 Å². The zero-order valence-electron chi connectivity index (χ0n) is 7.52. The highest BCUT2D eigenvalue weighted by Crippen LogP contribution is 2.19. The molecule has 0 aromatic rings. The van der Waals surface area contributed by atoms with Gasteiger partial charge in [0.1, 0.15) is 18.3 Å². The molecule has 0 aliphatic carbocycles. The molecule has 9 heteroatoms. The summed E-state index contributed by atoms with van der Waals surface area (Å²) in [6, 6.07) is -1.36. The lowest BCUT2D eigenvalue weighted by atomic mass is 9.98. The minimum atomic E-state index is -2.71. The van der Waals surface area contributed by atoms with E-state index in [9.17, 15) is 24.1 Å². The number of aliphatic hydroxyl groups is 4. The third-order valence-electron chi connectivity index (χ3n) is 2.13. The van der Waals surface area contributed by atoms with Crippen LogP contribution < -0.4 is 4.72 Å². The maximum absolute atomic E-state index is 10.3. The molecular weight excluding hydrogens is 230 g/mol. The van der Waals surface area contributed by atoms with Gasteiger partial charge in [-0.2, -0.15) is 0 Å². The molecule has 90 valence electrons. The molecule has 0 saturated carbocycles. The molecule has 1 aliphatic heterocycles. The van der Waals surface area contributed by atoms with Crippen LogP contribution in [-0.4, -0.2) is 66.4 Å². The number of nitrogens with one attached hydrogen (secondary N) is 1. The van der Waals surface area contributed by atoms with Crippen molar-refractivity contribution in [3.63, 3.8) is 0 Å². The molecule has 0 spiro atoms. The van der Waals surface area contributed by atoms with Crippen LogP contribution in [0.25, 0.3) is 0 Å². The van der Waals surface area contributed by atoms with Crippen molar-refractivity contribution in [2.24, 2.45) is 0 Å². The average Bonchev–Trinajstić information content (AvgIpc) is 2.18. The van der Waals surface area contributed by atoms with E-state index in [4.69, 9.17) is 9.84 Å². The Morgan fingerprint density at radius 3 is 2.40 bits per heavy atom. The molecule has 0 radical (unpaired) electrons. The highest BCUT2D eigenvalue weighted by atomic mass is 32.2. The van der Waals surface area contributed by atoms with E-state index in [-0.39, 0.29) is 0 Å². The summed E-state index contributed by atoms with van der Waals surface area (Å²) < 4.78 is 27.1. The molecule has 15 heavy (non-hydrogen) atoms. The molecule has 1 rings (SSSR count). The predicted octanol–water partition coefficient (Wildman–Crippen LogP) is -3.83. The van der Waals surface area contributed by atoms with Crippen LogP contribution in [-0.2, 0) is 16.0 Å². The fraction of sp³-hybridized carbons (Fsp3) is 1.00. The van der Waals surface area contributed by atoms with E-state index in [0.29, 0.717) is 0 Å². The van der Waals surface area contributed by atoms with Crippen molar-refractivity contribution in [2.75, 3.05) is 6.61 Å². The molecule has 1 heterocycles. The van der Waals surface area contributed by atoms with E-state index in [1.54, 1.807) is 4.72 Å². The van der Waals surface area contributed by atoms with Gasteiger partial charge in [0.25, 0.3) is 0 Å². The van der Waals surface area contributed by atoms with Gasteiger partial charge in [0, 0.05) is 11.3 Å². The number of ether oxygens (including phenoxy) is 1. The van der Waals surface area contributed by atoms with E-state index in [1.165, 1.54) is 0 Å². The molecule has 8 nitrogen and oxygen atoms in total. The van der Waals surface area contributed by atoms with Crippen molar-refractivity contribution in [3.8, 4) is 0 Å². The number of aliphatic hydroxyl groups excluding tert-OH is 4. The van der Waals surface area contributed by atoms with Crippen LogP contribution in [0, 0.1) is 0 Å². The fourth-order valence-electron chi connectivity index (χ4n) is 1.34. The van der Waals surface area contributed by atoms with Crippen molar-refractivity contribution >= 4 is 11.3 Å².